The van der Waals surface area contributed by atoms with Crippen molar-refractivity contribution in [1.82, 2.24) is 5.32 Å². The van der Waals surface area contributed by atoms with Crippen molar-refractivity contribution in [3.8, 4) is 0 Å². The molecule has 2 rings (SSSR count). The Labute approximate surface area is 133 Å². The first kappa shape index (κ1) is 14.8. The molecule has 0 spiro atoms. The Kier molecular flexibility index (Phi) is 5.25. The van der Waals surface area contributed by atoms with E-state index in [-0.39, 0.29) is 0 Å². The molecule has 0 saturated carbocycles. The molecule has 0 aliphatic heterocycles. The van der Waals surface area contributed by atoms with E-state index in [0.29, 0.717) is 6.04 Å². The fourth-order valence-electron chi connectivity index (χ4n) is 2.23. The highest BCUT2D eigenvalue weighted by Crippen LogP contribution is 2.26. The van der Waals surface area contributed by atoms with Crippen LogP contribution in [0.1, 0.15) is 22.7 Å². The van der Waals surface area contributed by atoms with Crippen LogP contribution in [0.5, 0.6) is 0 Å². The Bertz CT molecular complexity index is 551. The third-order valence-corrected chi connectivity index (χ3v) is 4.52. The largest absolute Gasteiger partial charge is 0.313 e. The molecule has 2 aromatic carbocycles. The Morgan fingerprint density at radius 2 is 1.84 bits per heavy atom. The number of benzene rings is 2. The van der Waals surface area contributed by atoms with Gasteiger partial charge in [0.05, 0.1) is 0 Å². The lowest BCUT2D eigenvalue weighted by Gasteiger charge is -2.19. The number of hydrogen-bond acceptors (Lipinski definition) is 1. The Hall–Kier alpha value is -0.580. The highest BCUT2D eigenvalue weighted by Gasteiger charge is 2.13. The van der Waals surface area contributed by atoms with Gasteiger partial charge in [0.25, 0.3) is 0 Å². The van der Waals surface area contributed by atoms with Crippen LogP contribution >= 0.6 is 34.2 Å². The van der Waals surface area contributed by atoms with Crippen LogP contribution in [0.25, 0.3) is 0 Å². The van der Waals surface area contributed by atoms with Gasteiger partial charge in [0.2, 0.25) is 0 Å². The summed E-state index contributed by atoms with van der Waals surface area (Å²) in [5.41, 5.74) is 3.77. The van der Waals surface area contributed by atoms with Crippen molar-refractivity contribution in [3.05, 3.63) is 67.7 Å². The third-order valence-electron chi connectivity index (χ3n) is 3.39. The monoisotopic (exact) mass is 385 g/mol. The predicted molar refractivity (Wildman–Crippen MR) is 90.9 cm³/mol. The van der Waals surface area contributed by atoms with Gasteiger partial charge in [-0.1, -0.05) is 35.9 Å². The van der Waals surface area contributed by atoms with Gasteiger partial charge in [0.15, 0.2) is 0 Å². The second-order valence-electron chi connectivity index (χ2n) is 4.63. The summed E-state index contributed by atoms with van der Waals surface area (Å²) in [5, 5.41) is 4.22. The molecule has 100 valence electrons. The first-order chi connectivity index (χ1) is 9.11. The zero-order valence-corrected chi connectivity index (χ0v) is 14.0. The maximum atomic E-state index is 6.21. The Balaban J connectivity index is 2.25. The third kappa shape index (κ3) is 3.71. The van der Waals surface area contributed by atoms with Crippen LogP contribution in [0, 0.1) is 10.5 Å². The summed E-state index contributed by atoms with van der Waals surface area (Å²) >= 11 is 8.54. The van der Waals surface area contributed by atoms with Gasteiger partial charge in [0, 0.05) is 14.6 Å². The van der Waals surface area contributed by atoms with Crippen LogP contribution in [0.2, 0.25) is 5.02 Å². The maximum Gasteiger partial charge on any atom is 0.0438 e. The number of hydrogen-bond donors (Lipinski definition) is 1. The summed E-state index contributed by atoms with van der Waals surface area (Å²) in [6, 6.07) is 15.1. The summed E-state index contributed by atoms with van der Waals surface area (Å²) in [7, 11) is 2.00. The van der Waals surface area contributed by atoms with Crippen molar-refractivity contribution in [1.29, 1.82) is 0 Å². The van der Waals surface area contributed by atoms with Crippen LogP contribution in [0.15, 0.2) is 42.5 Å². The maximum absolute atomic E-state index is 6.21. The van der Waals surface area contributed by atoms with E-state index in [2.05, 4.69) is 65.2 Å². The number of likely N-dealkylation sites (N-methyl/N-ethyl adjacent to an activating group) is 1. The summed E-state index contributed by atoms with van der Waals surface area (Å²) in [5.74, 6) is 0. The zero-order chi connectivity index (χ0) is 13.8. The molecule has 1 atom stereocenters. The molecule has 0 fully saturated rings. The first-order valence-corrected chi connectivity index (χ1v) is 7.74. The molecule has 1 N–H and O–H groups in total. The standard InChI is InChI=1S/C16H17ClIN/c1-11-14(4-3-5-15(11)17)16(19-2)10-12-6-8-13(18)9-7-12/h3-9,16,19H,10H2,1-2H3. The minimum absolute atomic E-state index is 0.291. The normalized spacial score (nSPS) is 12.4. The van der Waals surface area contributed by atoms with Gasteiger partial charge in [-0.25, -0.2) is 0 Å². The summed E-state index contributed by atoms with van der Waals surface area (Å²) in [6.07, 6.45) is 0.967. The fraction of sp³-hybridized carbons (Fsp3) is 0.250. The average Bonchev–Trinajstić information content (AvgIpc) is 2.42. The quantitative estimate of drug-likeness (QED) is 0.749. The van der Waals surface area contributed by atoms with Crippen LogP contribution in [0.4, 0.5) is 0 Å². The van der Waals surface area contributed by atoms with Crippen molar-refractivity contribution in [2.75, 3.05) is 7.05 Å². The smallest absolute Gasteiger partial charge is 0.0438 e. The van der Waals surface area contributed by atoms with Gasteiger partial charge < -0.3 is 5.32 Å². The molecule has 0 aliphatic carbocycles. The van der Waals surface area contributed by atoms with Crippen molar-refractivity contribution < 1.29 is 0 Å². The van der Waals surface area contributed by atoms with Gasteiger partial charge >= 0.3 is 0 Å². The lowest BCUT2D eigenvalue weighted by atomic mass is 9.95. The number of nitrogens with one attached hydrogen (secondary N) is 1. The first-order valence-electron chi connectivity index (χ1n) is 6.28. The van der Waals surface area contributed by atoms with Crippen LogP contribution in [0.3, 0.4) is 0 Å². The molecular weight excluding hydrogens is 369 g/mol. The molecule has 0 heterocycles. The van der Waals surface area contributed by atoms with Crippen molar-refractivity contribution >= 4 is 34.2 Å². The van der Waals surface area contributed by atoms with E-state index in [0.717, 1.165) is 17.0 Å². The van der Waals surface area contributed by atoms with Gasteiger partial charge in [-0.2, -0.15) is 0 Å². The van der Waals surface area contributed by atoms with Crippen molar-refractivity contribution in [2.45, 2.75) is 19.4 Å². The van der Waals surface area contributed by atoms with E-state index in [1.165, 1.54) is 14.7 Å². The highest BCUT2D eigenvalue weighted by atomic mass is 127. The highest BCUT2D eigenvalue weighted by molar-refractivity contribution is 14.1. The molecule has 0 radical (unpaired) electrons. The summed E-state index contributed by atoms with van der Waals surface area (Å²) in [4.78, 5) is 0. The molecule has 0 saturated heterocycles. The van der Waals surface area contributed by atoms with E-state index < -0.39 is 0 Å². The lowest BCUT2D eigenvalue weighted by Crippen LogP contribution is -2.19. The zero-order valence-electron chi connectivity index (χ0n) is 11.1. The molecule has 3 heteroatoms. The van der Waals surface area contributed by atoms with Gasteiger partial charge in [0.1, 0.15) is 0 Å². The molecule has 2 aromatic rings. The van der Waals surface area contributed by atoms with Crippen molar-refractivity contribution in [3.63, 3.8) is 0 Å². The lowest BCUT2D eigenvalue weighted by molar-refractivity contribution is 0.589. The number of halogens is 2. The van der Waals surface area contributed by atoms with Crippen LogP contribution in [-0.4, -0.2) is 7.05 Å². The molecule has 0 amide bonds. The van der Waals surface area contributed by atoms with E-state index in [9.17, 15) is 0 Å². The molecule has 1 unspecified atom stereocenters. The Morgan fingerprint density at radius 1 is 1.16 bits per heavy atom. The minimum atomic E-state index is 0.291. The minimum Gasteiger partial charge on any atom is -0.313 e. The average molecular weight is 386 g/mol. The van der Waals surface area contributed by atoms with Gasteiger partial charge in [-0.05, 0) is 77.9 Å². The van der Waals surface area contributed by atoms with E-state index in [1.54, 1.807) is 0 Å². The SMILES string of the molecule is CNC(Cc1ccc(I)cc1)c1cccc(Cl)c1C. The van der Waals surface area contributed by atoms with Crippen LogP contribution in [-0.2, 0) is 6.42 Å². The molecule has 0 aromatic heterocycles. The van der Waals surface area contributed by atoms with E-state index in [1.807, 2.05) is 19.2 Å². The molecule has 1 nitrogen and oxygen atoms in total. The fourth-order valence-corrected chi connectivity index (χ4v) is 2.77. The molecule has 0 bridgehead atoms. The second kappa shape index (κ2) is 6.73. The van der Waals surface area contributed by atoms with Gasteiger partial charge in [-0.3, -0.25) is 0 Å². The van der Waals surface area contributed by atoms with E-state index >= 15 is 0 Å². The predicted octanol–water partition coefficient (Wildman–Crippen LogP) is 4.76. The molecular formula is C16H17ClIN. The van der Waals surface area contributed by atoms with Gasteiger partial charge in [-0.15, -0.1) is 0 Å². The van der Waals surface area contributed by atoms with Crippen LogP contribution < -0.4 is 5.32 Å². The summed E-state index contributed by atoms with van der Waals surface area (Å²) < 4.78 is 1.27. The van der Waals surface area contributed by atoms with Crippen molar-refractivity contribution in [2.24, 2.45) is 0 Å². The topological polar surface area (TPSA) is 12.0 Å². The van der Waals surface area contributed by atoms with E-state index in [4.69, 9.17) is 11.6 Å². The summed E-state index contributed by atoms with van der Waals surface area (Å²) in [6.45, 7) is 2.08. The Morgan fingerprint density at radius 3 is 2.47 bits per heavy atom. The molecule has 19 heavy (non-hydrogen) atoms. The molecule has 0 aliphatic rings. The number of rotatable bonds is 4. The second-order valence-corrected chi connectivity index (χ2v) is 6.28.